The van der Waals surface area contributed by atoms with Crippen LogP contribution in [-0.2, 0) is 6.54 Å². The molecule has 1 fully saturated rings. The third-order valence-electron chi connectivity index (χ3n) is 4.80. The monoisotopic (exact) mass is 347 g/mol. The van der Waals surface area contributed by atoms with E-state index in [1.807, 2.05) is 6.92 Å². The molecule has 4 nitrogen and oxygen atoms in total. The van der Waals surface area contributed by atoms with Gasteiger partial charge in [0.15, 0.2) is 11.6 Å². The van der Waals surface area contributed by atoms with Crippen LogP contribution in [0.5, 0.6) is 0 Å². The van der Waals surface area contributed by atoms with Gasteiger partial charge in [0.1, 0.15) is 5.69 Å². The highest BCUT2D eigenvalue weighted by atomic mass is 19.2. The van der Waals surface area contributed by atoms with Gasteiger partial charge in [0.25, 0.3) is 5.91 Å². The lowest BCUT2D eigenvalue weighted by atomic mass is 9.89. The SMILES string of the molecule is CCn1nc(-c2ccc(F)c(F)c2)cc1C(=O)NCC1CCCCC1. The van der Waals surface area contributed by atoms with Gasteiger partial charge >= 0.3 is 0 Å². The summed E-state index contributed by atoms with van der Waals surface area (Å²) in [7, 11) is 0. The maximum atomic E-state index is 13.5. The van der Waals surface area contributed by atoms with E-state index in [1.165, 1.54) is 25.3 Å². The van der Waals surface area contributed by atoms with Gasteiger partial charge < -0.3 is 5.32 Å². The first-order chi connectivity index (χ1) is 12.1. The van der Waals surface area contributed by atoms with E-state index in [2.05, 4.69) is 10.4 Å². The minimum Gasteiger partial charge on any atom is -0.350 e. The van der Waals surface area contributed by atoms with Gasteiger partial charge in [-0.15, -0.1) is 0 Å². The summed E-state index contributed by atoms with van der Waals surface area (Å²) in [6.45, 7) is 3.09. The van der Waals surface area contributed by atoms with Crippen LogP contribution in [0.2, 0.25) is 0 Å². The molecule has 25 heavy (non-hydrogen) atoms. The number of halogens is 2. The van der Waals surface area contributed by atoms with E-state index in [-0.39, 0.29) is 5.91 Å². The van der Waals surface area contributed by atoms with Crippen molar-refractivity contribution in [1.29, 1.82) is 0 Å². The Morgan fingerprint density at radius 2 is 1.96 bits per heavy atom. The molecule has 0 atom stereocenters. The van der Waals surface area contributed by atoms with Crippen molar-refractivity contribution < 1.29 is 13.6 Å². The van der Waals surface area contributed by atoms with Gasteiger partial charge in [-0.3, -0.25) is 9.48 Å². The molecule has 0 aliphatic heterocycles. The predicted molar refractivity (Wildman–Crippen MR) is 92.2 cm³/mol. The average Bonchev–Trinajstić information content (AvgIpc) is 3.07. The van der Waals surface area contributed by atoms with Crippen LogP contribution in [0.25, 0.3) is 11.3 Å². The third kappa shape index (κ3) is 4.06. The van der Waals surface area contributed by atoms with Crippen LogP contribution in [0.1, 0.15) is 49.5 Å². The molecule has 0 radical (unpaired) electrons. The highest BCUT2D eigenvalue weighted by Gasteiger charge is 2.19. The van der Waals surface area contributed by atoms with Crippen LogP contribution < -0.4 is 5.32 Å². The fourth-order valence-corrected chi connectivity index (χ4v) is 3.36. The Morgan fingerprint density at radius 3 is 2.64 bits per heavy atom. The largest absolute Gasteiger partial charge is 0.350 e. The molecule has 1 aliphatic carbocycles. The molecule has 0 spiro atoms. The Morgan fingerprint density at radius 1 is 1.20 bits per heavy atom. The van der Waals surface area contributed by atoms with Gasteiger partial charge in [0.05, 0.1) is 5.69 Å². The lowest BCUT2D eigenvalue weighted by molar-refractivity contribution is 0.0933. The minimum absolute atomic E-state index is 0.172. The van der Waals surface area contributed by atoms with Crippen LogP contribution in [0.15, 0.2) is 24.3 Å². The second kappa shape index (κ2) is 7.76. The fourth-order valence-electron chi connectivity index (χ4n) is 3.36. The normalized spacial score (nSPS) is 15.3. The Labute approximate surface area is 146 Å². The summed E-state index contributed by atoms with van der Waals surface area (Å²) in [6, 6.07) is 5.26. The summed E-state index contributed by atoms with van der Waals surface area (Å²) in [5.41, 5.74) is 1.36. The molecule has 1 N–H and O–H groups in total. The van der Waals surface area contributed by atoms with Crippen molar-refractivity contribution in [2.75, 3.05) is 6.54 Å². The van der Waals surface area contributed by atoms with Crippen molar-refractivity contribution in [2.24, 2.45) is 5.92 Å². The van der Waals surface area contributed by atoms with Crippen molar-refractivity contribution >= 4 is 5.91 Å². The molecule has 3 rings (SSSR count). The third-order valence-corrected chi connectivity index (χ3v) is 4.80. The number of aryl methyl sites for hydroxylation is 1. The van der Waals surface area contributed by atoms with Crippen molar-refractivity contribution in [2.45, 2.75) is 45.6 Å². The highest BCUT2D eigenvalue weighted by Crippen LogP contribution is 2.24. The number of amides is 1. The van der Waals surface area contributed by atoms with Crippen molar-refractivity contribution in [3.63, 3.8) is 0 Å². The quantitative estimate of drug-likeness (QED) is 0.883. The van der Waals surface area contributed by atoms with E-state index in [0.29, 0.717) is 36.0 Å². The molecule has 1 saturated carbocycles. The van der Waals surface area contributed by atoms with Gasteiger partial charge in [0.2, 0.25) is 0 Å². The Hall–Kier alpha value is -2.24. The second-order valence-electron chi connectivity index (χ2n) is 6.57. The molecule has 1 aromatic carbocycles. The summed E-state index contributed by atoms with van der Waals surface area (Å²) in [6.07, 6.45) is 6.06. The van der Waals surface area contributed by atoms with Gasteiger partial charge in [-0.05, 0) is 49.9 Å². The van der Waals surface area contributed by atoms with Gasteiger partial charge in [-0.2, -0.15) is 5.10 Å². The van der Waals surface area contributed by atoms with E-state index in [0.717, 1.165) is 25.0 Å². The van der Waals surface area contributed by atoms with Crippen LogP contribution in [-0.4, -0.2) is 22.2 Å². The number of hydrogen-bond acceptors (Lipinski definition) is 2. The molecule has 1 amide bonds. The zero-order valence-corrected chi connectivity index (χ0v) is 14.4. The van der Waals surface area contributed by atoms with Gasteiger partial charge in [0, 0.05) is 18.7 Å². The van der Waals surface area contributed by atoms with Crippen LogP contribution in [0.3, 0.4) is 0 Å². The summed E-state index contributed by atoms with van der Waals surface area (Å²) >= 11 is 0. The fraction of sp³-hybridized carbons (Fsp3) is 0.474. The first kappa shape index (κ1) is 17.6. The maximum Gasteiger partial charge on any atom is 0.269 e. The first-order valence-electron chi connectivity index (χ1n) is 8.90. The first-order valence-corrected chi connectivity index (χ1v) is 8.90. The number of carbonyl (C=O) groups is 1. The maximum absolute atomic E-state index is 13.5. The molecule has 1 heterocycles. The molecule has 6 heteroatoms. The van der Waals surface area contributed by atoms with Crippen LogP contribution in [0.4, 0.5) is 8.78 Å². The number of benzene rings is 1. The molecular formula is C19H23F2N3O. The topological polar surface area (TPSA) is 46.9 Å². The standard InChI is InChI=1S/C19H23F2N3O/c1-2-24-18(19(25)22-12-13-6-4-3-5-7-13)11-17(23-24)14-8-9-15(20)16(21)10-14/h8-11,13H,2-7,12H2,1H3,(H,22,25). The summed E-state index contributed by atoms with van der Waals surface area (Å²) < 4.78 is 28.1. The molecule has 134 valence electrons. The van der Waals surface area contributed by atoms with E-state index in [9.17, 15) is 13.6 Å². The number of carbonyl (C=O) groups excluding carboxylic acids is 1. The van der Waals surface area contributed by atoms with Crippen LogP contribution >= 0.6 is 0 Å². The van der Waals surface area contributed by atoms with E-state index in [4.69, 9.17) is 0 Å². The summed E-state index contributed by atoms with van der Waals surface area (Å²) in [4.78, 5) is 12.5. The number of rotatable bonds is 5. The highest BCUT2D eigenvalue weighted by molar-refractivity contribution is 5.93. The van der Waals surface area contributed by atoms with Gasteiger partial charge in [-0.25, -0.2) is 8.78 Å². The number of nitrogens with one attached hydrogen (secondary N) is 1. The predicted octanol–water partition coefficient (Wildman–Crippen LogP) is 4.16. The van der Waals surface area contributed by atoms with Crippen molar-refractivity contribution in [1.82, 2.24) is 15.1 Å². The van der Waals surface area contributed by atoms with Crippen molar-refractivity contribution in [3.05, 3.63) is 41.6 Å². The molecule has 1 aliphatic rings. The van der Waals surface area contributed by atoms with Crippen molar-refractivity contribution in [3.8, 4) is 11.3 Å². The smallest absolute Gasteiger partial charge is 0.269 e. The van der Waals surface area contributed by atoms with E-state index >= 15 is 0 Å². The Balaban J connectivity index is 1.75. The zero-order valence-electron chi connectivity index (χ0n) is 14.4. The second-order valence-corrected chi connectivity index (χ2v) is 6.57. The van der Waals surface area contributed by atoms with E-state index < -0.39 is 11.6 Å². The van der Waals surface area contributed by atoms with Gasteiger partial charge in [-0.1, -0.05) is 19.3 Å². The lowest BCUT2D eigenvalue weighted by Crippen LogP contribution is -2.31. The lowest BCUT2D eigenvalue weighted by Gasteiger charge is -2.21. The summed E-state index contributed by atoms with van der Waals surface area (Å²) in [5, 5.41) is 7.35. The average molecular weight is 347 g/mol. The van der Waals surface area contributed by atoms with Crippen LogP contribution in [0, 0.1) is 17.6 Å². The molecule has 0 unspecified atom stereocenters. The number of nitrogens with zero attached hydrogens (tertiary/aromatic N) is 2. The molecular weight excluding hydrogens is 324 g/mol. The molecule has 2 aromatic rings. The zero-order chi connectivity index (χ0) is 17.8. The Bertz CT molecular complexity index is 751. The number of aromatic nitrogens is 2. The molecule has 1 aromatic heterocycles. The number of hydrogen-bond donors (Lipinski definition) is 1. The minimum atomic E-state index is -0.924. The Kier molecular flexibility index (Phi) is 5.46. The molecule has 0 saturated heterocycles. The van der Waals surface area contributed by atoms with E-state index in [1.54, 1.807) is 10.7 Å². The summed E-state index contributed by atoms with van der Waals surface area (Å²) in [5.74, 6) is -1.45. The molecule has 0 bridgehead atoms.